The first-order valence-corrected chi connectivity index (χ1v) is 12.9. The second-order valence-corrected chi connectivity index (χ2v) is 9.49. The van der Waals surface area contributed by atoms with Gasteiger partial charge in [0.25, 0.3) is 11.8 Å². The highest BCUT2D eigenvalue weighted by atomic mass is 16.4. The zero-order valence-corrected chi connectivity index (χ0v) is 22.8. The number of carboxylic acids is 2. The summed E-state index contributed by atoms with van der Waals surface area (Å²) in [7, 11) is 0. The molecule has 0 heterocycles. The lowest BCUT2D eigenvalue weighted by molar-refractivity contribution is -0.137. The molecule has 8 N–H and O–H groups in total. The largest absolute Gasteiger partial charge is 0.506 e. The van der Waals surface area contributed by atoms with Gasteiger partial charge in [-0.3, -0.25) is 19.2 Å². The number of urea groups is 1. The molecule has 0 fully saturated rings. The Morgan fingerprint density at radius 3 is 1.20 bits per heavy atom. The first kappa shape index (κ1) is 30.6. The van der Waals surface area contributed by atoms with Gasteiger partial charge in [-0.15, -0.1) is 0 Å². The van der Waals surface area contributed by atoms with Crippen molar-refractivity contribution in [3.63, 3.8) is 0 Å². The molecule has 4 rings (SSSR count). The minimum atomic E-state index is -1.05. The molecule has 4 aromatic carbocycles. The number of phenolic OH excluding ortho intramolecular Hbond substituents is 2. The van der Waals surface area contributed by atoms with Crippen molar-refractivity contribution in [2.24, 2.45) is 0 Å². The van der Waals surface area contributed by atoms with Crippen molar-refractivity contribution in [3.05, 3.63) is 107 Å². The smallest absolute Gasteiger partial charge is 0.323 e. The molecule has 4 aromatic rings. The number of aromatic hydroxyl groups is 2. The highest BCUT2D eigenvalue weighted by Crippen LogP contribution is 2.27. The van der Waals surface area contributed by atoms with Crippen LogP contribution in [-0.4, -0.2) is 50.2 Å². The lowest BCUT2D eigenvalue weighted by atomic mass is 10.1. The molecule has 0 radical (unpaired) electrons. The molecular formula is C31H26N4O9. The van der Waals surface area contributed by atoms with Crippen LogP contribution in [0.1, 0.15) is 31.8 Å². The molecule has 13 heteroatoms. The molecule has 0 aliphatic heterocycles. The zero-order chi connectivity index (χ0) is 31.8. The average Bonchev–Trinajstić information content (AvgIpc) is 2.96. The second-order valence-electron chi connectivity index (χ2n) is 9.49. The van der Waals surface area contributed by atoms with Crippen molar-refractivity contribution < 1.29 is 44.4 Å². The van der Waals surface area contributed by atoms with Gasteiger partial charge in [0.2, 0.25) is 0 Å². The van der Waals surface area contributed by atoms with Gasteiger partial charge in [0.15, 0.2) is 0 Å². The minimum absolute atomic E-state index is 0.0573. The first-order valence-electron chi connectivity index (χ1n) is 12.9. The van der Waals surface area contributed by atoms with E-state index in [1.165, 1.54) is 84.9 Å². The summed E-state index contributed by atoms with van der Waals surface area (Å²) < 4.78 is 0. The van der Waals surface area contributed by atoms with Gasteiger partial charge >= 0.3 is 18.0 Å². The fourth-order valence-corrected chi connectivity index (χ4v) is 4.03. The molecule has 0 spiro atoms. The number of carbonyl (C=O) groups is 5. The van der Waals surface area contributed by atoms with E-state index in [2.05, 4.69) is 21.3 Å². The van der Waals surface area contributed by atoms with Crippen LogP contribution in [0.2, 0.25) is 0 Å². The summed E-state index contributed by atoms with van der Waals surface area (Å²) in [6.07, 6.45) is -0.550. The molecule has 0 aliphatic carbocycles. The number of carboxylic acid groups (broad SMARTS) is 2. The van der Waals surface area contributed by atoms with Gasteiger partial charge in [0.05, 0.1) is 24.2 Å². The van der Waals surface area contributed by atoms with Crippen LogP contribution in [0, 0.1) is 0 Å². The van der Waals surface area contributed by atoms with Crippen molar-refractivity contribution in [3.8, 4) is 11.5 Å². The average molecular weight is 599 g/mol. The number of carbonyl (C=O) groups excluding carboxylic acids is 3. The molecule has 224 valence electrons. The van der Waals surface area contributed by atoms with Crippen molar-refractivity contribution in [1.29, 1.82) is 0 Å². The number of hydrogen-bond donors (Lipinski definition) is 8. The first-order chi connectivity index (χ1) is 21.0. The molecule has 0 unspecified atom stereocenters. The van der Waals surface area contributed by atoms with E-state index in [-0.39, 0.29) is 46.8 Å². The Kier molecular flexibility index (Phi) is 9.40. The molecule has 4 amide bonds. The van der Waals surface area contributed by atoms with E-state index in [4.69, 9.17) is 10.2 Å². The fraction of sp³-hybridized carbons (Fsp3) is 0.0645. The Hall–Kier alpha value is -6.37. The van der Waals surface area contributed by atoms with Gasteiger partial charge in [0.1, 0.15) is 11.5 Å². The van der Waals surface area contributed by atoms with Gasteiger partial charge in [-0.2, -0.15) is 0 Å². The molecular weight excluding hydrogens is 572 g/mol. The number of amides is 4. The molecule has 0 aliphatic rings. The minimum Gasteiger partial charge on any atom is -0.506 e. The summed E-state index contributed by atoms with van der Waals surface area (Å²) in [5, 5.41) is 48.2. The number of benzene rings is 4. The summed E-state index contributed by atoms with van der Waals surface area (Å²) in [4.78, 5) is 59.6. The van der Waals surface area contributed by atoms with E-state index >= 15 is 0 Å². The Morgan fingerprint density at radius 2 is 0.864 bits per heavy atom. The van der Waals surface area contributed by atoms with E-state index in [0.717, 1.165) is 0 Å². The predicted molar refractivity (Wildman–Crippen MR) is 160 cm³/mol. The van der Waals surface area contributed by atoms with Crippen LogP contribution in [0.15, 0.2) is 84.9 Å². The molecule has 0 saturated carbocycles. The van der Waals surface area contributed by atoms with Gasteiger partial charge in [-0.25, -0.2) is 4.79 Å². The predicted octanol–water partition coefficient (Wildman–Crippen LogP) is 4.50. The normalized spacial score (nSPS) is 10.4. The summed E-state index contributed by atoms with van der Waals surface area (Å²) >= 11 is 0. The molecule has 13 nitrogen and oxygen atoms in total. The quantitative estimate of drug-likeness (QED) is 0.120. The van der Waals surface area contributed by atoms with E-state index in [9.17, 15) is 34.2 Å². The highest BCUT2D eigenvalue weighted by molar-refractivity contribution is 6.07. The van der Waals surface area contributed by atoms with E-state index in [0.29, 0.717) is 22.5 Å². The third-order valence-corrected chi connectivity index (χ3v) is 6.14. The van der Waals surface area contributed by atoms with E-state index in [1.807, 2.05) is 0 Å². The SMILES string of the molecule is O=C(O)Cc1ccc(O)c(NC(=O)c2ccc(NC(=O)Nc3ccc(C(=O)Nc4cc(CC(=O)O)ccc4O)cc3)cc2)c1. The number of aliphatic carboxylic acids is 2. The van der Waals surface area contributed by atoms with Crippen molar-refractivity contribution in [2.75, 3.05) is 21.3 Å². The van der Waals surface area contributed by atoms with Gasteiger partial charge in [-0.1, -0.05) is 12.1 Å². The molecule has 0 bridgehead atoms. The molecule has 0 atom stereocenters. The highest BCUT2D eigenvalue weighted by Gasteiger charge is 2.14. The van der Waals surface area contributed by atoms with Crippen LogP contribution in [0.5, 0.6) is 11.5 Å². The van der Waals surface area contributed by atoms with Crippen molar-refractivity contribution in [2.45, 2.75) is 12.8 Å². The zero-order valence-electron chi connectivity index (χ0n) is 22.8. The van der Waals surface area contributed by atoms with Gasteiger partial charge in [0, 0.05) is 22.5 Å². The Bertz CT molecular complexity index is 1610. The maximum absolute atomic E-state index is 12.6. The number of hydrogen-bond acceptors (Lipinski definition) is 7. The fourth-order valence-electron chi connectivity index (χ4n) is 4.03. The number of nitrogens with one attached hydrogen (secondary N) is 4. The Morgan fingerprint density at radius 1 is 0.500 bits per heavy atom. The third-order valence-electron chi connectivity index (χ3n) is 6.14. The van der Waals surface area contributed by atoms with E-state index in [1.54, 1.807) is 0 Å². The van der Waals surface area contributed by atoms with Crippen molar-refractivity contribution >= 4 is 52.5 Å². The summed E-state index contributed by atoms with van der Waals surface area (Å²) in [5.74, 6) is -3.68. The summed E-state index contributed by atoms with van der Waals surface area (Å²) in [6.45, 7) is 0. The van der Waals surface area contributed by atoms with Gasteiger partial charge < -0.3 is 41.7 Å². The molecule has 0 saturated heterocycles. The topological polar surface area (TPSA) is 214 Å². The van der Waals surface area contributed by atoms with E-state index < -0.39 is 29.8 Å². The standard InChI is InChI=1S/C31H26N4O9/c36-25-11-1-17(15-27(38)39)13-23(25)34-29(42)19-3-7-21(8-4-19)32-31(44)33-22-9-5-20(6-10-22)30(43)35-24-14-18(16-28(40)41)2-12-26(24)37/h1-14,36-37H,15-16H2,(H,34,42)(H,35,43)(H,38,39)(H,40,41)(H2,32,33,44). The van der Waals surface area contributed by atoms with Crippen LogP contribution >= 0.6 is 0 Å². The molecule has 0 aromatic heterocycles. The Balaban J connectivity index is 1.31. The lowest BCUT2D eigenvalue weighted by Gasteiger charge is -2.11. The summed E-state index contributed by atoms with van der Waals surface area (Å²) in [6, 6.07) is 19.4. The van der Waals surface area contributed by atoms with Crippen LogP contribution in [0.25, 0.3) is 0 Å². The van der Waals surface area contributed by atoms with Crippen LogP contribution < -0.4 is 21.3 Å². The summed E-state index contributed by atoms with van der Waals surface area (Å²) in [5.41, 5.74) is 2.08. The third kappa shape index (κ3) is 8.33. The van der Waals surface area contributed by atoms with Crippen molar-refractivity contribution in [1.82, 2.24) is 0 Å². The van der Waals surface area contributed by atoms with Crippen LogP contribution in [-0.2, 0) is 22.4 Å². The monoisotopic (exact) mass is 598 g/mol. The number of rotatable bonds is 10. The van der Waals surface area contributed by atoms with Crippen LogP contribution in [0.3, 0.4) is 0 Å². The Labute approximate surface area is 249 Å². The maximum atomic E-state index is 12.6. The maximum Gasteiger partial charge on any atom is 0.323 e. The van der Waals surface area contributed by atoms with Crippen LogP contribution in [0.4, 0.5) is 27.5 Å². The number of phenols is 2. The van der Waals surface area contributed by atoms with Gasteiger partial charge in [-0.05, 0) is 83.9 Å². The second kappa shape index (κ2) is 13.5. The number of anilines is 4. The lowest BCUT2D eigenvalue weighted by Crippen LogP contribution is -2.20. The molecule has 44 heavy (non-hydrogen) atoms.